The van der Waals surface area contributed by atoms with E-state index < -0.39 is 6.04 Å². The first-order valence-electron chi connectivity index (χ1n) is 10.2. The molecule has 2 aliphatic rings. The second-order valence-corrected chi connectivity index (χ2v) is 7.99. The molecule has 1 unspecified atom stereocenters. The van der Waals surface area contributed by atoms with Crippen molar-refractivity contribution >= 4 is 17.6 Å². The lowest BCUT2D eigenvalue weighted by Gasteiger charge is -2.39. The topological polar surface area (TPSA) is 64.7 Å². The van der Waals surface area contributed by atoms with Gasteiger partial charge in [-0.2, -0.15) is 0 Å². The van der Waals surface area contributed by atoms with Crippen LogP contribution in [-0.2, 0) is 4.79 Å². The van der Waals surface area contributed by atoms with E-state index in [-0.39, 0.29) is 17.9 Å². The van der Waals surface area contributed by atoms with Crippen LogP contribution in [0.5, 0.6) is 0 Å². The van der Waals surface area contributed by atoms with Crippen LogP contribution >= 0.6 is 0 Å². The Hall–Kier alpha value is -2.08. The van der Waals surface area contributed by atoms with E-state index in [9.17, 15) is 9.59 Å². The highest BCUT2D eigenvalue weighted by Crippen LogP contribution is 2.24. The molecule has 0 bridgehead atoms. The highest BCUT2D eigenvalue weighted by atomic mass is 16.2. The van der Waals surface area contributed by atoms with E-state index in [1.165, 1.54) is 25.7 Å². The van der Waals surface area contributed by atoms with E-state index in [1.54, 1.807) is 0 Å². The number of carbonyl (C=O) groups is 2. The predicted octanol–water partition coefficient (Wildman–Crippen LogP) is 2.92. The second kappa shape index (κ2) is 9.22. The van der Waals surface area contributed by atoms with Crippen molar-refractivity contribution in [2.24, 2.45) is 5.92 Å². The Morgan fingerprint density at radius 1 is 1.00 bits per heavy atom. The van der Waals surface area contributed by atoms with Crippen LogP contribution in [0.1, 0.15) is 39.5 Å². The van der Waals surface area contributed by atoms with Crippen LogP contribution in [0.15, 0.2) is 30.3 Å². The molecule has 1 aliphatic heterocycles. The second-order valence-electron chi connectivity index (χ2n) is 7.99. The van der Waals surface area contributed by atoms with Gasteiger partial charge >= 0.3 is 6.03 Å². The van der Waals surface area contributed by atoms with Gasteiger partial charge in [0.2, 0.25) is 5.91 Å². The molecule has 2 fully saturated rings. The van der Waals surface area contributed by atoms with E-state index in [1.807, 2.05) is 49.1 Å². The van der Waals surface area contributed by atoms with Gasteiger partial charge in [0, 0.05) is 37.9 Å². The number of benzene rings is 1. The van der Waals surface area contributed by atoms with Crippen LogP contribution < -0.4 is 10.6 Å². The Morgan fingerprint density at radius 3 is 2.22 bits per heavy atom. The van der Waals surface area contributed by atoms with Gasteiger partial charge in [-0.25, -0.2) is 4.79 Å². The molecule has 3 amide bonds. The molecule has 0 radical (unpaired) electrons. The van der Waals surface area contributed by atoms with Crippen LogP contribution in [0.3, 0.4) is 0 Å². The fourth-order valence-corrected chi connectivity index (χ4v) is 4.12. The number of nitrogens with zero attached hydrogens (tertiary/aromatic N) is 2. The Bertz CT molecular complexity index is 620. The summed E-state index contributed by atoms with van der Waals surface area (Å²) in [5.74, 6) is 0.0613. The average molecular weight is 373 g/mol. The SMILES string of the molecule is CC(C)C(NC(=O)Nc1ccccc1)C(=O)N1CCN(C2CCCC2)CC1. The normalized spacial score (nSPS) is 19.9. The largest absolute Gasteiger partial charge is 0.338 e. The van der Waals surface area contributed by atoms with E-state index in [2.05, 4.69) is 15.5 Å². The molecule has 1 heterocycles. The molecule has 1 aromatic rings. The Kier molecular flexibility index (Phi) is 6.72. The van der Waals surface area contributed by atoms with Crippen molar-refractivity contribution in [1.82, 2.24) is 15.1 Å². The van der Waals surface area contributed by atoms with E-state index in [0.29, 0.717) is 6.04 Å². The third-order valence-electron chi connectivity index (χ3n) is 5.72. The lowest BCUT2D eigenvalue weighted by atomic mass is 10.0. The molecular formula is C21H32N4O2. The number of nitrogens with one attached hydrogen (secondary N) is 2. The first-order valence-corrected chi connectivity index (χ1v) is 10.2. The third kappa shape index (κ3) is 5.22. The molecule has 1 saturated carbocycles. The molecule has 3 rings (SSSR count). The summed E-state index contributed by atoms with van der Waals surface area (Å²) in [4.78, 5) is 29.8. The zero-order valence-corrected chi connectivity index (χ0v) is 16.5. The van der Waals surface area contributed by atoms with Crippen molar-refractivity contribution in [2.75, 3.05) is 31.5 Å². The third-order valence-corrected chi connectivity index (χ3v) is 5.72. The molecule has 0 aromatic heterocycles. The van der Waals surface area contributed by atoms with E-state index >= 15 is 0 Å². The number of para-hydroxylation sites is 1. The number of hydrogen-bond acceptors (Lipinski definition) is 3. The molecule has 6 nitrogen and oxygen atoms in total. The Labute approximate surface area is 162 Å². The van der Waals surface area contributed by atoms with Crippen molar-refractivity contribution in [3.05, 3.63) is 30.3 Å². The van der Waals surface area contributed by atoms with Crippen molar-refractivity contribution in [2.45, 2.75) is 51.6 Å². The number of hydrogen-bond donors (Lipinski definition) is 2. The van der Waals surface area contributed by atoms with Crippen LogP contribution in [0.4, 0.5) is 10.5 Å². The van der Waals surface area contributed by atoms with Gasteiger partial charge in [0.1, 0.15) is 6.04 Å². The molecule has 148 valence electrons. The maximum Gasteiger partial charge on any atom is 0.319 e. The monoisotopic (exact) mass is 372 g/mol. The standard InChI is InChI=1S/C21H32N4O2/c1-16(2)19(23-21(27)22-17-8-4-3-5-9-17)20(26)25-14-12-24(13-15-25)18-10-6-7-11-18/h3-5,8-9,16,18-19H,6-7,10-15H2,1-2H3,(H2,22,23,27). The number of anilines is 1. The fraction of sp³-hybridized carbons (Fsp3) is 0.619. The molecule has 6 heteroatoms. The van der Waals surface area contributed by atoms with Crippen molar-refractivity contribution in [3.63, 3.8) is 0 Å². The smallest absolute Gasteiger partial charge is 0.319 e. The minimum absolute atomic E-state index is 0.0271. The van der Waals surface area contributed by atoms with E-state index in [0.717, 1.165) is 31.9 Å². The Morgan fingerprint density at radius 2 is 1.63 bits per heavy atom. The van der Waals surface area contributed by atoms with Crippen LogP contribution in [0.2, 0.25) is 0 Å². The highest BCUT2D eigenvalue weighted by Gasteiger charge is 2.32. The maximum absolute atomic E-state index is 13.0. The maximum atomic E-state index is 13.0. The summed E-state index contributed by atoms with van der Waals surface area (Å²) in [6.07, 6.45) is 5.26. The van der Waals surface area contributed by atoms with Crippen molar-refractivity contribution in [3.8, 4) is 0 Å². The minimum atomic E-state index is -0.508. The minimum Gasteiger partial charge on any atom is -0.338 e. The highest BCUT2D eigenvalue weighted by molar-refractivity contribution is 5.93. The molecule has 0 spiro atoms. The summed E-state index contributed by atoms with van der Waals surface area (Å²) in [5.41, 5.74) is 0.718. The zero-order chi connectivity index (χ0) is 19.2. The predicted molar refractivity (Wildman–Crippen MR) is 108 cm³/mol. The molecule has 27 heavy (non-hydrogen) atoms. The molecule has 1 saturated heterocycles. The van der Waals surface area contributed by atoms with Crippen molar-refractivity contribution in [1.29, 1.82) is 0 Å². The lowest BCUT2D eigenvalue weighted by Crippen LogP contribution is -2.57. The number of carbonyl (C=O) groups excluding carboxylic acids is 2. The zero-order valence-electron chi connectivity index (χ0n) is 16.5. The molecule has 1 atom stereocenters. The quantitative estimate of drug-likeness (QED) is 0.835. The molecule has 1 aromatic carbocycles. The van der Waals surface area contributed by atoms with Gasteiger partial charge in [0.05, 0.1) is 0 Å². The van der Waals surface area contributed by atoms with Crippen LogP contribution in [0.25, 0.3) is 0 Å². The average Bonchev–Trinajstić information content (AvgIpc) is 3.21. The molecular weight excluding hydrogens is 340 g/mol. The summed E-state index contributed by atoms with van der Waals surface area (Å²) >= 11 is 0. The van der Waals surface area contributed by atoms with Gasteiger partial charge < -0.3 is 15.5 Å². The first-order chi connectivity index (χ1) is 13.0. The number of amides is 3. The summed E-state index contributed by atoms with van der Waals surface area (Å²) < 4.78 is 0. The van der Waals surface area contributed by atoms with Crippen molar-refractivity contribution < 1.29 is 9.59 Å². The summed E-state index contributed by atoms with van der Waals surface area (Å²) in [7, 11) is 0. The fourth-order valence-electron chi connectivity index (χ4n) is 4.12. The summed E-state index contributed by atoms with van der Waals surface area (Å²) in [5, 5.41) is 5.67. The van der Waals surface area contributed by atoms with Crippen LogP contribution in [-0.4, -0.2) is 60.0 Å². The first kappa shape index (κ1) is 19.7. The molecule has 2 N–H and O–H groups in total. The van der Waals surface area contributed by atoms with Gasteiger partial charge in [-0.15, -0.1) is 0 Å². The molecule has 1 aliphatic carbocycles. The van der Waals surface area contributed by atoms with Gasteiger partial charge in [-0.05, 0) is 30.9 Å². The van der Waals surface area contributed by atoms with Gasteiger partial charge in [0.25, 0.3) is 0 Å². The summed E-state index contributed by atoms with van der Waals surface area (Å²) in [6.45, 7) is 7.33. The van der Waals surface area contributed by atoms with Gasteiger partial charge in [-0.3, -0.25) is 9.69 Å². The lowest BCUT2D eigenvalue weighted by molar-refractivity contribution is -0.136. The number of piperazine rings is 1. The van der Waals surface area contributed by atoms with Crippen LogP contribution in [0, 0.1) is 5.92 Å². The summed E-state index contributed by atoms with van der Waals surface area (Å²) in [6, 6.07) is 9.15. The number of rotatable bonds is 5. The van der Waals surface area contributed by atoms with Gasteiger partial charge in [0.15, 0.2) is 0 Å². The van der Waals surface area contributed by atoms with Gasteiger partial charge in [-0.1, -0.05) is 44.9 Å². The van der Waals surface area contributed by atoms with E-state index in [4.69, 9.17) is 0 Å². The number of urea groups is 1. The Balaban J connectivity index is 1.53.